The maximum absolute atomic E-state index is 13.5. The summed E-state index contributed by atoms with van der Waals surface area (Å²) in [6, 6.07) is 3.73. The van der Waals surface area contributed by atoms with Crippen molar-refractivity contribution in [3.8, 4) is 0 Å². The second-order valence-corrected chi connectivity index (χ2v) is 5.98. The van der Waals surface area contributed by atoms with Crippen LogP contribution in [0, 0.1) is 11.7 Å². The Kier molecular flexibility index (Phi) is 7.01. The lowest BCUT2D eigenvalue weighted by Crippen LogP contribution is -2.40. The Labute approximate surface area is 127 Å². The molecule has 0 radical (unpaired) electrons. The Morgan fingerprint density at radius 2 is 2.10 bits per heavy atom. The molecule has 7 heteroatoms. The number of imide groups is 1. The topological polar surface area (TPSA) is 84.2 Å². The summed E-state index contributed by atoms with van der Waals surface area (Å²) in [6.45, 7) is 4.60. The van der Waals surface area contributed by atoms with Gasteiger partial charge in [-0.1, -0.05) is 13.8 Å². The molecule has 0 aliphatic rings. The van der Waals surface area contributed by atoms with Crippen molar-refractivity contribution in [2.45, 2.75) is 25.2 Å². The number of thioether (sulfide) groups is 1. The fourth-order valence-electron chi connectivity index (χ4n) is 1.46. The van der Waals surface area contributed by atoms with Crippen molar-refractivity contribution in [2.24, 2.45) is 5.92 Å². The molecule has 1 aromatic carbocycles. The van der Waals surface area contributed by atoms with E-state index in [9.17, 15) is 14.0 Å². The second kappa shape index (κ2) is 8.51. The van der Waals surface area contributed by atoms with Gasteiger partial charge in [0.2, 0.25) is 5.91 Å². The predicted octanol–water partition coefficient (Wildman–Crippen LogP) is 2.37. The van der Waals surface area contributed by atoms with Gasteiger partial charge in [-0.2, -0.15) is 0 Å². The number of benzene rings is 1. The van der Waals surface area contributed by atoms with Crippen LogP contribution in [0.2, 0.25) is 0 Å². The molecular weight excluding hydrogens is 293 g/mol. The zero-order valence-electron chi connectivity index (χ0n) is 12.1. The van der Waals surface area contributed by atoms with Gasteiger partial charge in [-0.15, -0.1) is 11.8 Å². The second-order valence-electron chi connectivity index (χ2n) is 4.97. The van der Waals surface area contributed by atoms with Gasteiger partial charge in [0.05, 0.1) is 5.75 Å². The molecule has 0 bridgehead atoms. The number of carbonyl (C=O) groups excluding carboxylic acids is 2. The summed E-state index contributed by atoms with van der Waals surface area (Å²) in [6.07, 6.45) is 0.840. The smallest absolute Gasteiger partial charge is 0.321 e. The van der Waals surface area contributed by atoms with Crippen LogP contribution in [-0.4, -0.2) is 24.2 Å². The van der Waals surface area contributed by atoms with Gasteiger partial charge in [0, 0.05) is 17.1 Å². The molecule has 1 aromatic rings. The van der Waals surface area contributed by atoms with Gasteiger partial charge in [-0.25, -0.2) is 9.18 Å². The van der Waals surface area contributed by atoms with Crippen molar-refractivity contribution in [1.82, 2.24) is 10.6 Å². The van der Waals surface area contributed by atoms with Gasteiger partial charge in [-0.05, 0) is 30.5 Å². The Morgan fingerprint density at radius 3 is 2.71 bits per heavy atom. The maximum atomic E-state index is 13.5. The predicted molar refractivity (Wildman–Crippen MR) is 82.5 cm³/mol. The van der Waals surface area contributed by atoms with E-state index in [4.69, 9.17) is 5.73 Å². The number of amides is 3. The van der Waals surface area contributed by atoms with E-state index in [2.05, 4.69) is 10.6 Å². The number of hydrogen-bond donors (Lipinski definition) is 3. The quantitative estimate of drug-likeness (QED) is 0.556. The summed E-state index contributed by atoms with van der Waals surface area (Å²) in [5.41, 5.74) is 5.76. The van der Waals surface area contributed by atoms with Crippen molar-refractivity contribution < 1.29 is 14.0 Å². The molecule has 0 fully saturated rings. The molecule has 21 heavy (non-hydrogen) atoms. The number of nitrogens with one attached hydrogen (secondary N) is 2. The molecule has 3 amide bonds. The molecule has 0 spiro atoms. The monoisotopic (exact) mass is 313 g/mol. The largest absolute Gasteiger partial charge is 0.399 e. The van der Waals surface area contributed by atoms with Gasteiger partial charge in [0.25, 0.3) is 0 Å². The average molecular weight is 313 g/mol. The summed E-state index contributed by atoms with van der Waals surface area (Å²) >= 11 is 1.01. The lowest BCUT2D eigenvalue weighted by molar-refractivity contribution is -0.117. The minimum Gasteiger partial charge on any atom is -0.399 e. The van der Waals surface area contributed by atoms with Crippen LogP contribution in [0.25, 0.3) is 0 Å². The van der Waals surface area contributed by atoms with Crippen LogP contribution < -0.4 is 16.4 Å². The normalized spacial score (nSPS) is 10.5. The first-order valence-electron chi connectivity index (χ1n) is 6.64. The fourth-order valence-corrected chi connectivity index (χ4v) is 2.18. The summed E-state index contributed by atoms with van der Waals surface area (Å²) < 4.78 is 13.5. The molecule has 1 rings (SSSR count). The van der Waals surface area contributed by atoms with Gasteiger partial charge in [0.1, 0.15) is 5.82 Å². The van der Waals surface area contributed by atoms with Gasteiger partial charge in [0.15, 0.2) is 0 Å². The Bertz CT molecular complexity index is 509. The van der Waals surface area contributed by atoms with Crippen molar-refractivity contribution in [2.75, 3.05) is 18.0 Å². The standard InChI is InChI=1S/C14H20FN3O2S/c1-9(2)5-6-17-14(20)18-13(19)8-21-12-4-3-10(16)7-11(12)15/h3-4,7,9H,5-6,8,16H2,1-2H3,(H2,17,18,19,20). The van der Waals surface area contributed by atoms with Crippen molar-refractivity contribution in [3.63, 3.8) is 0 Å². The molecule has 0 aromatic heterocycles. The molecule has 0 aliphatic heterocycles. The van der Waals surface area contributed by atoms with E-state index >= 15 is 0 Å². The Morgan fingerprint density at radius 1 is 1.38 bits per heavy atom. The Hall–Kier alpha value is -1.76. The minimum absolute atomic E-state index is 0.0432. The van der Waals surface area contributed by atoms with Crippen LogP contribution in [-0.2, 0) is 4.79 Å². The number of urea groups is 1. The van der Waals surface area contributed by atoms with Crippen molar-refractivity contribution in [3.05, 3.63) is 24.0 Å². The molecular formula is C14H20FN3O2S. The van der Waals surface area contributed by atoms with E-state index in [-0.39, 0.29) is 5.75 Å². The maximum Gasteiger partial charge on any atom is 0.321 e. The summed E-state index contributed by atoms with van der Waals surface area (Å²) in [5, 5.41) is 4.79. The number of halogens is 1. The van der Waals surface area contributed by atoms with Gasteiger partial charge in [-0.3, -0.25) is 10.1 Å². The van der Waals surface area contributed by atoms with E-state index in [0.29, 0.717) is 23.0 Å². The number of hydrogen-bond acceptors (Lipinski definition) is 4. The van der Waals surface area contributed by atoms with Crippen LogP contribution in [0.3, 0.4) is 0 Å². The van der Waals surface area contributed by atoms with Crippen LogP contribution in [0.4, 0.5) is 14.9 Å². The highest BCUT2D eigenvalue weighted by molar-refractivity contribution is 8.00. The van der Waals surface area contributed by atoms with Crippen LogP contribution in [0.15, 0.2) is 23.1 Å². The third kappa shape index (κ3) is 6.99. The minimum atomic E-state index is -0.529. The molecule has 0 heterocycles. The van der Waals surface area contributed by atoms with Gasteiger partial charge < -0.3 is 11.1 Å². The highest BCUT2D eigenvalue weighted by atomic mass is 32.2. The molecule has 116 valence electrons. The lowest BCUT2D eigenvalue weighted by Gasteiger charge is -2.08. The third-order valence-corrected chi connectivity index (χ3v) is 3.62. The SMILES string of the molecule is CC(C)CCNC(=O)NC(=O)CSc1ccc(N)cc1F. The zero-order chi connectivity index (χ0) is 15.8. The van der Waals surface area contributed by atoms with Crippen LogP contribution in [0.1, 0.15) is 20.3 Å². The van der Waals surface area contributed by atoms with Gasteiger partial charge >= 0.3 is 6.03 Å². The number of nitrogen functional groups attached to an aromatic ring is 1. The number of carbonyl (C=O) groups is 2. The molecule has 5 nitrogen and oxygen atoms in total. The molecule has 0 aliphatic carbocycles. The summed E-state index contributed by atoms with van der Waals surface area (Å²) in [5.74, 6) is -0.518. The highest BCUT2D eigenvalue weighted by Crippen LogP contribution is 2.23. The fraction of sp³-hybridized carbons (Fsp3) is 0.429. The van der Waals surface area contributed by atoms with Crippen molar-refractivity contribution >= 4 is 29.4 Å². The van der Waals surface area contributed by atoms with E-state index in [1.165, 1.54) is 12.1 Å². The van der Waals surface area contributed by atoms with E-state index in [1.807, 2.05) is 13.8 Å². The van der Waals surface area contributed by atoms with Crippen LogP contribution in [0.5, 0.6) is 0 Å². The molecule has 0 saturated carbocycles. The number of nitrogens with two attached hydrogens (primary N) is 1. The first-order chi connectivity index (χ1) is 9.88. The van der Waals surface area contributed by atoms with E-state index in [1.54, 1.807) is 6.07 Å². The Balaban J connectivity index is 2.32. The highest BCUT2D eigenvalue weighted by Gasteiger charge is 2.10. The first kappa shape index (κ1) is 17.3. The first-order valence-corrected chi connectivity index (χ1v) is 7.62. The number of anilines is 1. The molecule has 0 saturated heterocycles. The molecule has 0 atom stereocenters. The van der Waals surface area contributed by atoms with E-state index in [0.717, 1.165) is 18.2 Å². The van der Waals surface area contributed by atoms with E-state index < -0.39 is 17.8 Å². The zero-order valence-corrected chi connectivity index (χ0v) is 12.9. The summed E-state index contributed by atoms with van der Waals surface area (Å²) in [4.78, 5) is 23.3. The number of rotatable bonds is 6. The third-order valence-electron chi connectivity index (χ3n) is 2.57. The molecule has 0 unspecified atom stereocenters. The summed E-state index contributed by atoms with van der Waals surface area (Å²) in [7, 11) is 0. The average Bonchev–Trinajstić information content (AvgIpc) is 2.37. The van der Waals surface area contributed by atoms with Crippen LogP contribution >= 0.6 is 11.8 Å². The molecule has 4 N–H and O–H groups in total. The van der Waals surface area contributed by atoms with Crippen molar-refractivity contribution in [1.29, 1.82) is 0 Å². The lowest BCUT2D eigenvalue weighted by atomic mass is 10.1.